The molecule has 1 heterocycles. The summed E-state index contributed by atoms with van der Waals surface area (Å²) in [6.07, 6.45) is 0. The molecule has 0 spiro atoms. The van der Waals surface area contributed by atoms with E-state index in [2.05, 4.69) is 5.38 Å². The molecule has 0 saturated carbocycles. The molecule has 3 aromatic rings. The summed E-state index contributed by atoms with van der Waals surface area (Å²) in [6, 6.07) is 19.6. The maximum Gasteiger partial charge on any atom is 0.172 e. The summed E-state index contributed by atoms with van der Waals surface area (Å²) in [5, 5.41) is 6.84. The lowest BCUT2D eigenvalue weighted by Gasteiger charge is -2.19. The molecule has 3 rings (SSSR count). The van der Waals surface area contributed by atoms with E-state index in [-0.39, 0.29) is 0 Å². The fourth-order valence-electron chi connectivity index (χ4n) is 2.38. The van der Waals surface area contributed by atoms with Crippen molar-refractivity contribution in [3.05, 3.63) is 77.0 Å². The Morgan fingerprint density at radius 3 is 1.70 bits per heavy atom. The molecule has 20 heavy (non-hydrogen) atoms. The van der Waals surface area contributed by atoms with Gasteiger partial charge >= 0.3 is 0 Å². The van der Waals surface area contributed by atoms with Crippen molar-refractivity contribution in [2.45, 2.75) is 6.92 Å². The topological polar surface area (TPSA) is 17.1 Å². The van der Waals surface area contributed by atoms with Crippen molar-refractivity contribution >= 4 is 34.4 Å². The molecule has 0 amide bonds. The lowest BCUT2D eigenvalue weighted by atomic mass is 10.4. The molecule has 0 atom stereocenters. The van der Waals surface area contributed by atoms with Crippen LogP contribution in [-0.4, -0.2) is 0 Å². The van der Waals surface area contributed by atoms with E-state index in [1.54, 1.807) is 11.3 Å². The van der Waals surface area contributed by atoms with Gasteiger partial charge < -0.3 is 4.57 Å². The Morgan fingerprint density at radius 1 is 0.800 bits per heavy atom. The van der Waals surface area contributed by atoms with Crippen LogP contribution < -0.4 is 15.9 Å². The van der Waals surface area contributed by atoms with Gasteiger partial charge in [-0.05, 0) is 17.9 Å². The van der Waals surface area contributed by atoms with Crippen molar-refractivity contribution in [1.82, 2.24) is 0 Å². The Balaban J connectivity index is 2.30. The lowest BCUT2D eigenvalue weighted by molar-refractivity contribution is 0.592. The first-order valence-electron chi connectivity index (χ1n) is 6.47. The molecule has 0 unspecified atom stereocenters. The van der Waals surface area contributed by atoms with Gasteiger partial charge in [-0.1, -0.05) is 60.7 Å². The van der Waals surface area contributed by atoms with E-state index in [0.29, 0.717) is 0 Å². The highest BCUT2D eigenvalue weighted by Gasteiger charge is 2.31. The number of hydrogen-bond acceptors (Lipinski definition) is 2. The van der Waals surface area contributed by atoms with Gasteiger partial charge in [0.25, 0.3) is 0 Å². The first-order chi connectivity index (χ1) is 9.73. The van der Waals surface area contributed by atoms with Crippen molar-refractivity contribution < 1.29 is 4.57 Å². The third-order valence-electron chi connectivity index (χ3n) is 3.41. The molecular formula is C17H15OPS. The third-order valence-corrected chi connectivity index (χ3v) is 7.65. The molecule has 0 fully saturated rings. The fourth-order valence-corrected chi connectivity index (χ4v) is 6.56. The van der Waals surface area contributed by atoms with Crippen LogP contribution in [0.15, 0.2) is 71.4 Å². The second-order valence-corrected chi connectivity index (χ2v) is 8.20. The van der Waals surface area contributed by atoms with E-state index >= 15 is 0 Å². The second-order valence-electron chi connectivity index (χ2n) is 4.72. The van der Waals surface area contributed by atoms with Crippen LogP contribution in [0.3, 0.4) is 0 Å². The Kier molecular flexibility index (Phi) is 3.60. The van der Waals surface area contributed by atoms with Gasteiger partial charge in [0, 0.05) is 21.3 Å². The van der Waals surface area contributed by atoms with Crippen LogP contribution in [0.25, 0.3) is 0 Å². The minimum atomic E-state index is -2.76. The molecule has 3 heteroatoms. The van der Waals surface area contributed by atoms with E-state index in [4.69, 9.17) is 0 Å². The van der Waals surface area contributed by atoms with Gasteiger partial charge in [0.05, 0.1) is 0 Å². The first-order valence-corrected chi connectivity index (χ1v) is 9.12. The van der Waals surface area contributed by atoms with Crippen LogP contribution in [0.1, 0.15) is 5.56 Å². The maximum absolute atomic E-state index is 13.9. The maximum atomic E-state index is 13.9. The molecule has 0 bridgehead atoms. The van der Waals surface area contributed by atoms with Crippen molar-refractivity contribution in [2.24, 2.45) is 0 Å². The summed E-state index contributed by atoms with van der Waals surface area (Å²) in [6.45, 7) is 2.03. The zero-order valence-electron chi connectivity index (χ0n) is 11.2. The minimum Gasteiger partial charge on any atom is -0.309 e. The predicted octanol–water partition coefficient (Wildman–Crippen LogP) is 3.70. The monoisotopic (exact) mass is 298 g/mol. The number of benzene rings is 2. The second kappa shape index (κ2) is 5.40. The van der Waals surface area contributed by atoms with Crippen LogP contribution in [-0.2, 0) is 4.57 Å². The number of hydrogen-bond donors (Lipinski definition) is 0. The highest BCUT2D eigenvalue weighted by molar-refractivity contribution is 7.85. The zero-order chi connectivity index (χ0) is 14.0. The summed E-state index contributed by atoms with van der Waals surface area (Å²) < 4.78 is 13.9. The van der Waals surface area contributed by atoms with Gasteiger partial charge in [-0.15, -0.1) is 0 Å². The smallest absolute Gasteiger partial charge is 0.172 e. The van der Waals surface area contributed by atoms with E-state index in [1.165, 1.54) is 0 Å². The molecule has 100 valence electrons. The SMILES string of the molecule is Cc1cscc1P(=O)(c1ccccc1)c1ccccc1. The largest absolute Gasteiger partial charge is 0.309 e. The van der Waals surface area contributed by atoms with Crippen LogP contribution in [0, 0.1) is 6.92 Å². The normalized spacial score (nSPS) is 11.4. The molecule has 0 aliphatic heterocycles. The minimum absolute atomic E-state index is 0.896. The Labute approximate surface area is 123 Å². The van der Waals surface area contributed by atoms with Crippen LogP contribution in [0.2, 0.25) is 0 Å². The van der Waals surface area contributed by atoms with Crippen molar-refractivity contribution in [2.75, 3.05) is 0 Å². The quantitative estimate of drug-likeness (QED) is 0.674. The average Bonchev–Trinajstić information content (AvgIpc) is 2.95. The molecule has 2 aromatic carbocycles. The Morgan fingerprint density at radius 2 is 1.30 bits per heavy atom. The predicted molar refractivity (Wildman–Crippen MR) is 88.4 cm³/mol. The van der Waals surface area contributed by atoms with Gasteiger partial charge in [-0.25, -0.2) is 0 Å². The van der Waals surface area contributed by atoms with Crippen LogP contribution in [0.5, 0.6) is 0 Å². The first kappa shape index (κ1) is 13.4. The van der Waals surface area contributed by atoms with Gasteiger partial charge in [0.15, 0.2) is 7.14 Å². The van der Waals surface area contributed by atoms with Crippen molar-refractivity contribution in [3.8, 4) is 0 Å². The van der Waals surface area contributed by atoms with Gasteiger partial charge in [0.2, 0.25) is 0 Å². The molecule has 0 aliphatic carbocycles. The standard InChI is InChI=1S/C17H15OPS/c1-14-12-20-13-17(14)19(18,15-8-4-2-5-9-15)16-10-6-3-7-11-16/h2-13H,1H3. The van der Waals surface area contributed by atoms with Crippen molar-refractivity contribution in [3.63, 3.8) is 0 Å². The van der Waals surface area contributed by atoms with Crippen LogP contribution >= 0.6 is 18.5 Å². The molecule has 0 radical (unpaired) electrons. The zero-order valence-corrected chi connectivity index (χ0v) is 12.9. The summed E-state index contributed by atoms with van der Waals surface area (Å²) in [4.78, 5) is 0. The average molecular weight is 298 g/mol. The van der Waals surface area contributed by atoms with Gasteiger partial charge in [0.1, 0.15) is 0 Å². The van der Waals surface area contributed by atoms with E-state index in [1.807, 2.05) is 73.0 Å². The summed E-state index contributed by atoms with van der Waals surface area (Å²) in [5.41, 5.74) is 1.10. The van der Waals surface area contributed by atoms with Crippen LogP contribution in [0.4, 0.5) is 0 Å². The number of rotatable bonds is 3. The van der Waals surface area contributed by atoms with Crippen molar-refractivity contribution in [1.29, 1.82) is 0 Å². The molecule has 1 nitrogen and oxygen atoms in total. The summed E-state index contributed by atoms with van der Waals surface area (Å²) in [7, 11) is -2.76. The van der Waals surface area contributed by atoms with Gasteiger partial charge in [-0.3, -0.25) is 0 Å². The molecule has 0 aliphatic rings. The molecule has 0 saturated heterocycles. The van der Waals surface area contributed by atoms with E-state index < -0.39 is 7.14 Å². The highest BCUT2D eigenvalue weighted by Crippen LogP contribution is 2.43. The Hall–Kier alpha value is -1.63. The highest BCUT2D eigenvalue weighted by atomic mass is 32.1. The van der Waals surface area contributed by atoms with Gasteiger partial charge in [-0.2, -0.15) is 11.3 Å². The number of aryl methyl sites for hydroxylation is 1. The van der Waals surface area contributed by atoms with E-state index in [9.17, 15) is 4.57 Å². The summed E-state index contributed by atoms with van der Waals surface area (Å²) >= 11 is 1.61. The molecule has 0 N–H and O–H groups in total. The van der Waals surface area contributed by atoms with E-state index in [0.717, 1.165) is 21.5 Å². The third kappa shape index (κ3) is 2.15. The molecular weight excluding hydrogens is 283 g/mol. The fraction of sp³-hybridized carbons (Fsp3) is 0.0588. The number of thiophene rings is 1. The lowest BCUT2D eigenvalue weighted by Crippen LogP contribution is -2.25. The summed E-state index contributed by atoms with van der Waals surface area (Å²) in [5.74, 6) is 0. The molecule has 1 aromatic heterocycles. The Bertz CT molecular complexity index is 703.